The van der Waals surface area contributed by atoms with E-state index < -0.39 is 0 Å². The number of aryl methyl sites for hydroxylation is 1. The van der Waals surface area contributed by atoms with Crippen molar-refractivity contribution in [2.24, 2.45) is 5.84 Å². The lowest BCUT2D eigenvalue weighted by Crippen LogP contribution is -2.29. The normalized spacial score (nSPS) is 12.2. The van der Waals surface area contributed by atoms with Gasteiger partial charge in [-0.3, -0.25) is 10.8 Å². The molecule has 0 aliphatic heterocycles. The number of nitrogens with zero attached hydrogens (tertiary/aromatic N) is 1. The third-order valence-electron chi connectivity index (χ3n) is 3.43. The summed E-state index contributed by atoms with van der Waals surface area (Å²) < 4.78 is 5.21. The molecule has 0 bridgehead atoms. The van der Waals surface area contributed by atoms with Crippen LogP contribution in [0.1, 0.15) is 28.3 Å². The highest BCUT2D eigenvalue weighted by Crippen LogP contribution is 2.27. The lowest BCUT2D eigenvalue weighted by molar-refractivity contribution is 0.411. The maximum Gasteiger partial charge on any atom is 0.137 e. The standard InChI is InChI=1S/C15H19N3O/c1-10-5-4-6-14(11(10)2)15(18-16)12-7-13(19-3)9-17-8-12/h4-9,15,18H,16H2,1-3H3. The Morgan fingerprint density at radius 2 is 2.05 bits per heavy atom. The minimum atomic E-state index is -0.0949. The van der Waals surface area contributed by atoms with E-state index in [1.165, 1.54) is 11.1 Å². The van der Waals surface area contributed by atoms with Gasteiger partial charge in [0.05, 0.1) is 19.3 Å². The molecule has 4 heteroatoms. The molecule has 0 aliphatic carbocycles. The first-order chi connectivity index (χ1) is 9.17. The van der Waals surface area contributed by atoms with Crippen LogP contribution in [0.25, 0.3) is 0 Å². The van der Waals surface area contributed by atoms with Gasteiger partial charge in [-0.25, -0.2) is 5.43 Å². The van der Waals surface area contributed by atoms with Gasteiger partial charge in [0.2, 0.25) is 0 Å². The highest BCUT2D eigenvalue weighted by Gasteiger charge is 2.16. The van der Waals surface area contributed by atoms with Crippen molar-refractivity contribution in [1.29, 1.82) is 0 Å². The van der Waals surface area contributed by atoms with Crippen LogP contribution in [0.2, 0.25) is 0 Å². The Labute approximate surface area is 113 Å². The fraction of sp³-hybridized carbons (Fsp3) is 0.267. The molecule has 4 nitrogen and oxygen atoms in total. The highest BCUT2D eigenvalue weighted by molar-refractivity contribution is 5.41. The Morgan fingerprint density at radius 1 is 1.26 bits per heavy atom. The van der Waals surface area contributed by atoms with Crippen LogP contribution in [-0.2, 0) is 0 Å². The Morgan fingerprint density at radius 3 is 2.74 bits per heavy atom. The number of rotatable bonds is 4. The maximum atomic E-state index is 5.73. The van der Waals surface area contributed by atoms with Crippen molar-refractivity contribution in [1.82, 2.24) is 10.4 Å². The topological polar surface area (TPSA) is 60.2 Å². The minimum absolute atomic E-state index is 0.0949. The van der Waals surface area contributed by atoms with Crippen molar-refractivity contribution in [2.45, 2.75) is 19.9 Å². The Kier molecular flexibility index (Phi) is 4.14. The summed E-state index contributed by atoms with van der Waals surface area (Å²) in [6, 6.07) is 8.06. The number of nitrogens with one attached hydrogen (secondary N) is 1. The summed E-state index contributed by atoms with van der Waals surface area (Å²) in [5, 5.41) is 0. The second-order valence-electron chi connectivity index (χ2n) is 4.55. The van der Waals surface area contributed by atoms with Gasteiger partial charge >= 0.3 is 0 Å². The summed E-state index contributed by atoms with van der Waals surface area (Å²) in [6.45, 7) is 4.19. The van der Waals surface area contributed by atoms with E-state index in [4.69, 9.17) is 10.6 Å². The molecule has 100 valence electrons. The molecule has 2 rings (SSSR count). The van der Waals surface area contributed by atoms with Gasteiger partial charge in [-0.1, -0.05) is 18.2 Å². The van der Waals surface area contributed by atoms with Gasteiger partial charge in [0, 0.05) is 6.20 Å². The minimum Gasteiger partial charge on any atom is -0.495 e. The van der Waals surface area contributed by atoms with E-state index >= 15 is 0 Å². The Balaban J connectivity index is 2.46. The van der Waals surface area contributed by atoms with Crippen LogP contribution in [-0.4, -0.2) is 12.1 Å². The SMILES string of the molecule is COc1cncc(C(NN)c2cccc(C)c2C)c1. The molecule has 3 N–H and O–H groups in total. The van der Waals surface area contributed by atoms with Gasteiger partial charge in [0.15, 0.2) is 0 Å². The predicted molar refractivity (Wildman–Crippen MR) is 75.9 cm³/mol. The summed E-state index contributed by atoms with van der Waals surface area (Å²) in [7, 11) is 1.63. The van der Waals surface area contributed by atoms with Crippen molar-refractivity contribution >= 4 is 0 Å². The van der Waals surface area contributed by atoms with Crippen LogP contribution in [0, 0.1) is 13.8 Å². The first kappa shape index (κ1) is 13.5. The second kappa shape index (κ2) is 5.82. The molecule has 1 aromatic heterocycles. The molecule has 19 heavy (non-hydrogen) atoms. The average Bonchev–Trinajstić information content (AvgIpc) is 2.44. The summed E-state index contributed by atoms with van der Waals surface area (Å²) in [5.74, 6) is 6.45. The molecule has 0 saturated carbocycles. The number of aromatic nitrogens is 1. The zero-order valence-corrected chi connectivity index (χ0v) is 11.5. The fourth-order valence-corrected chi connectivity index (χ4v) is 2.16. The first-order valence-electron chi connectivity index (χ1n) is 6.18. The fourth-order valence-electron chi connectivity index (χ4n) is 2.16. The number of hydrogen-bond donors (Lipinski definition) is 2. The van der Waals surface area contributed by atoms with Gasteiger partial charge in [-0.15, -0.1) is 0 Å². The van der Waals surface area contributed by atoms with E-state index in [-0.39, 0.29) is 6.04 Å². The van der Waals surface area contributed by atoms with Crippen molar-refractivity contribution in [3.05, 3.63) is 58.9 Å². The highest BCUT2D eigenvalue weighted by atomic mass is 16.5. The Hall–Kier alpha value is -1.91. The third kappa shape index (κ3) is 2.75. The average molecular weight is 257 g/mol. The van der Waals surface area contributed by atoms with Crippen LogP contribution in [0.5, 0.6) is 5.75 Å². The van der Waals surface area contributed by atoms with E-state index in [2.05, 4.69) is 36.4 Å². The molecule has 1 atom stereocenters. The van der Waals surface area contributed by atoms with Crippen molar-refractivity contribution < 1.29 is 4.74 Å². The van der Waals surface area contributed by atoms with Gasteiger partial charge in [0.1, 0.15) is 5.75 Å². The molecule has 0 radical (unpaired) electrons. The molecule has 0 amide bonds. The summed E-state index contributed by atoms with van der Waals surface area (Å²) in [6.07, 6.45) is 3.48. The van der Waals surface area contributed by atoms with E-state index in [9.17, 15) is 0 Å². The summed E-state index contributed by atoms with van der Waals surface area (Å²) >= 11 is 0. The monoisotopic (exact) mass is 257 g/mol. The molecule has 1 aromatic carbocycles. The van der Waals surface area contributed by atoms with Crippen LogP contribution in [0.3, 0.4) is 0 Å². The van der Waals surface area contributed by atoms with Crippen LogP contribution < -0.4 is 16.0 Å². The zero-order chi connectivity index (χ0) is 13.8. The molecule has 0 fully saturated rings. The molecule has 2 aromatic rings. The van der Waals surface area contributed by atoms with E-state index in [0.717, 1.165) is 16.9 Å². The second-order valence-corrected chi connectivity index (χ2v) is 4.55. The maximum absolute atomic E-state index is 5.73. The molecule has 1 heterocycles. The lowest BCUT2D eigenvalue weighted by atomic mass is 9.94. The van der Waals surface area contributed by atoms with Gasteiger partial charge in [0.25, 0.3) is 0 Å². The smallest absolute Gasteiger partial charge is 0.137 e. The van der Waals surface area contributed by atoms with Crippen LogP contribution >= 0.6 is 0 Å². The number of nitrogens with two attached hydrogens (primary N) is 1. The lowest BCUT2D eigenvalue weighted by Gasteiger charge is -2.20. The van der Waals surface area contributed by atoms with Crippen molar-refractivity contribution in [2.75, 3.05) is 7.11 Å². The molecular formula is C15H19N3O. The molecular weight excluding hydrogens is 238 g/mol. The Bertz CT molecular complexity index is 569. The van der Waals surface area contributed by atoms with Crippen molar-refractivity contribution in [3.8, 4) is 5.75 Å². The quantitative estimate of drug-likeness (QED) is 0.651. The number of pyridine rings is 1. The number of ether oxygens (including phenoxy) is 1. The van der Waals surface area contributed by atoms with Crippen LogP contribution in [0.4, 0.5) is 0 Å². The van der Waals surface area contributed by atoms with E-state index in [1.807, 2.05) is 12.1 Å². The molecule has 0 saturated heterocycles. The van der Waals surface area contributed by atoms with Gasteiger partial charge in [-0.2, -0.15) is 0 Å². The predicted octanol–water partition coefficient (Wildman–Crippen LogP) is 2.26. The third-order valence-corrected chi connectivity index (χ3v) is 3.43. The summed E-state index contributed by atoms with van der Waals surface area (Å²) in [4.78, 5) is 4.18. The van der Waals surface area contributed by atoms with Crippen LogP contribution in [0.15, 0.2) is 36.7 Å². The number of methoxy groups -OCH3 is 1. The van der Waals surface area contributed by atoms with Gasteiger partial charge in [-0.05, 0) is 42.2 Å². The molecule has 1 unspecified atom stereocenters. The zero-order valence-electron chi connectivity index (χ0n) is 11.5. The van der Waals surface area contributed by atoms with Gasteiger partial charge < -0.3 is 4.74 Å². The summed E-state index contributed by atoms with van der Waals surface area (Å²) in [5.41, 5.74) is 7.46. The number of benzene rings is 1. The first-order valence-corrected chi connectivity index (χ1v) is 6.18. The molecule has 0 spiro atoms. The van der Waals surface area contributed by atoms with E-state index in [0.29, 0.717) is 0 Å². The largest absolute Gasteiger partial charge is 0.495 e. The number of hydrogen-bond acceptors (Lipinski definition) is 4. The number of hydrazine groups is 1. The molecule has 0 aliphatic rings. The van der Waals surface area contributed by atoms with Crippen molar-refractivity contribution in [3.63, 3.8) is 0 Å². The van der Waals surface area contributed by atoms with E-state index in [1.54, 1.807) is 19.5 Å².